The molecule has 0 aromatic carbocycles. The fourth-order valence-electron chi connectivity index (χ4n) is 1.78. The van der Waals surface area contributed by atoms with Crippen LogP contribution in [-0.4, -0.2) is 11.4 Å². The molecule has 0 N–H and O–H groups in total. The molecule has 4 heteroatoms. The molecular formula is C12H14N4. The average Bonchev–Trinajstić information content (AvgIpc) is 2.39. The third kappa shape index (κ3) is 2.35. The lowest BCUT2D eigenvalue weighted by Crippen LogP contribution is -2.18. The van der Waals surface area contributed by atoms with E-state index in [-0.39, 0.29) is 17.3 Å². The number of aliphatic imine (C=N–C) groups is 2. The summed E-state index contributed by atoms with van der Waals surface area (Å²) >= 11 is 0. The van der Waals surface area contributed by atoms with E-state index < -0.39 is 0 Å². The Morgan fingerprint density at radius 3 is 1.81 bits per heavy atom. The van der Waals surface area contributed by atoms with Crippen LogP contribution >= 0.6 is 0 Å². The van der Waals surface area contributed by atoms with Crippen molar-refractivity contribution in [3.63, 3.8) is 0 Å². The largest absolute Gasteiger partial charge is 0.243 e. The van der Waals surface area contributed by atoms with Gasteiger partial charge in [-0.3, -0.25) is 0 Å². The summed E-state index contributed by atoms with van der Waals surface area (Å²) in [5, 5.41) is 17.8. The Morgan fingerprint density at radius 2 is 1.50 bits per heavy atom. The summed E-state index contributed by atoms with van der Waals surface area (Å²) in [5.41, 5.74) is 1.98. The molecule has 1 aliphatic rings. The Hall–Kier alpha value is -1.94. The van der Waals surface area contributed by atoms with Gasteiger partial charge in [0.1, 0.15) is 12.1 Å². The SMILES string of the molecule is CCCC1C(C)=NC(C#N)=C(C#N)N=C1C. The zero-order valence-corrected chi connectivity index (χ0v) is 9.78. The second-order valence-corrected chi connectivity index (χ2v) is 3.77. The number of hydrogen-bond acceptors (Lipinski definition) is 4. The van der Waals surface area contributed by atoms with Gasteiger partial charge in [-0.15, -0.1) is 0 Å². The highest BCUT2D eigenvalue weighted by molar-refractivity contribution is 6.07. The standard InChI is InChI=1S/C12H14N4/c1-4-5-10-8(2)15-11(6-13)12(7-14)16-9(10)3/h10H,4-5H2,1-3H3. The van der Waals surface area contributed by atoms with Crippen molar-refractivity contribution >= 4 is 11.4 Å². The molecule has 16 heavy (non-hydrogen) atoms. The zero-order chi connectivity index (χ0) is 12.1. The first-order chi connectivity index (χ1) is 7.63. The van der Waals surface area contributed by atoms with Gasteiger partial charge in [0.25, 0.3) is 0 Å². The van der Waals surface area contributed by atoms with Gasteiger partial charge in [0, 0.05) is 17.3 Å². The minimum absolute atomic E-state index is 0.123. The fraction of sp³-hybridized carbons (Fsp3) is 0.500. The first-order valence-corrected chi connectivity index (χ1v) is 5.28. The number of nitrogens with zero attached hydrogens (tertiary/aromatic N) is 4. The van der Waals surface area contributed by atoms with Gasteiger partial charge >= 0.3 is 0 Å². The van der Waals surface area contributed by atoms with Crippen LogP contribution in [0.1, 0.15) is 33.6 Å². The molecule has 1 heterocycles. The number of nitriles is 2. The monoisotopic (exact) mass is 214 g/mol. The summed E-state index contributed by atoms with van der Waals surface area (Å²) in [4.78, 5) is 8.39. The summed E-state index contributed by atoms with van der Waals surface area (Å²) in [6.07, 6.45) is 1.97. The third-order valence-electron chi connectivity index (χ3n) is 2.60. The smallest absolute Gasteiger partial charge is 0.176 e. The molecule has 0 amide bonds. The van der Waals surface area contributed by atoms with E-state index in [0.29, 0.717) is 0 Å². The van der Waals surface area contributed by atoms with Crippen molar-refractivity contribution in [2.24, 2.45) is 15.9 Å². The minimum Gasteiger partial charge on any atom is -0.243 e. The second kappa shape index (κ2) is 5.23. The Morgan fingerprint density at radius 1 is 1.06 bits per heavy atom. The topological polar surface area (TPSA) is 72.3 Å². The molecule has 0 atom stereocenters. The van der Waals surface area contributed by atoms with Gasteiger partial charge in [0.05, 0.1) is 0 Å². The molecule has 0 spiro atoms. The van der Waals surface area contributed by atoms with Crippen LogP contribution in [0.5, 0.6) is 0 Å². The van der Waals surface area contributed by atoms with E-state index in [4.69, 9.17) is 10.5 Å². The van der Waals surface area contributed by atoms with Crippen LogP contribution in [0.25, 0.3) is 0 Å². The normalized spacial score (nSPS) is 17.1. The lowest BCUT2D eigenvalue weighted by molar-refractivity contribution is 0.745. The van der Waals surface area contributed by atoms with Crippen molar-refractivity contribution in [3.8, 4) is 12.1 Å². The van der Waals surface area contributed by atoms with E-state index in [1.165, 1.54) is 0 Å². The predicted octanol–water partition coefficient (Wildman–Crippen LogP) is 2.60. The van der Waals surface area contributed by atoms with Crippen LogP contribution in [0, 0.1) is 28.6 Å². The second-order valence-electron chi connectivity index (χ2n) is 3.77. The van der Waals surface area contributed by atoms with Crippen molar-refractivity contribution < 1.29 is 0 Å². The van der Waals surface area contributed by atoms with E-state index in [1.54, 1.807) is 0 Å². The highest BCUT2D eigenvalue weighted by Gasteiger charge is 2.20. The first-order valence-electron chi connectivity index (χ1n) is 5.28. The minimum atomic E-state index is 0.123. The molecule has 4 nitrogen and oxygen atoms in total. The lowest BCUT2D eigenvalue weighted by atomic mass is 9.94. The quantitative estimate of drug-likeness (QED) is 0.708. The van der Waals surface area contributed by atoms with Gasteiger partial charge in [0.15, 0.2) is 11.4 Å². The molecule has 0 bridgehead atoms. The maximum absolute atomic E-state index is 8.90. The van der Waals surface area contributed by atoms with Crippen LogP contribution < -0.4 is 0 Å². The Bertz CT molecular complexity index is 414. The molecule has 0 radical (unpaired) electrons. The molecule has 0 fully saturated rings. The van der Waals surface area contributed by atoms with Gasteiger partial charge < -0.3 is 0 Å². The van der Waals surface area contributed by atoms with E-state index in [1.807, 2.05) is 26.0 Å². The number of hydrogen-bond donors (Lipinski definition) is 0. The van der Waals surface area contributed by atoms with E-state index in [9.17, 15) is 0 Å². The summed E-state index contributed by atoms with van der Waals surface area (Å²) in [6, 6.07) is 3.84. The first kappa shape index (κ1) is 12.1. The van der Waals surface area contributed by atoms with Crippen molar-refractivity contribution in [1.82, 2.24) is 0 Å². The van der Waals surface area contributed by atoms with E-state index >= 15 is 0 Å². The van der Waals surface area contributed by atoms with Crippen LogP contribution in [0.15, 0.2) is 21.4 Å². The summed E-state index contributed by atoms with van der Waals surface area (Å²) in [7, 11) is 0. The fourth-order valence-corrected chi connectivity index (χ4v) is 1.78. The maximum atomic E-state index is 8.90. The van der Waals surface area contributed by atoms with Gasteiger partial charge in [0.2, 0.25) is 0 Å². The molecule has 0 aromatic rings. The summed E-state index contributed by atoms with van der Waals surface area (Å²) in [5.74, 6) is 0.152. The van der Waals surface area contributed by atoms with Gasteiger partial charge in [-0.05, 0) is 20.3 Å². The van der Waals surface area contributed by atoms with Crippen LogP contribution in [0.3, 0.4) is 0 Å². The molecule has 1 aliphatic heterocycles. The molecular weight excluding hydrogens is 200 g/mol. The lowest BCUT2D eigenvalue weighted by Gasteiger charge is -2.13. The van der Waals surface area contributed by atoms with Gasteiger partial charge in [-0.25, -0.2) is 9.98 Å². The van der Waals surface area contributed by atoms with E-state index in [0.717, 1.165) is 24.3 Å². The average molecular weight is 214 g/mol. The van der Waals surface area contributed by atoms with Crippen LogP contribution in [-0.2, 0) is 0 Å². The summed E-state index contributed by atoms with van der Waals surface area (Å²) in [6.45, 7) is 5.86. The third-order valence-corrected chi connectivity index (χ3v) is 2.60. The van der Waals surface area contributed by atoms with Crippen molar-refractivity contribution in [3.05, 3.63) is 11.4 Å². The molecule has 0 aliphatic carbocycles. The van der Waals surface area contributed by atoms with Crippen LogP contribution in [0.2, 0.25) is 0 Å². The molecule has 0 unspecified atom stereocenters. The Kier molecular flexibility index (Phi) is 3.96. The number of allylic oxidation sites excluding steroid dienone is 2. The molecule has 0 aromatic heterocycles. The van der Waals surface area contributed by atoms with Gasteiger partial charge in [-0.1, -0.05) is 13.3 Å². The predicted molar refractivity (Wildman–Crippen MR) is 62.9 cm³/mol. The molecule has 1 rings (SSSR count). The van der Waals surface area contributed by atoms with E-state index in [2.05, 4.69) is 16.9 Å². The van der Waals surface area contributed by atoms with Crippen molar-refractivity contribution in [1.29, 1.82) is 10.5 Å². The highest BCUT2D eigenvalue weighted by atomic mass is 14.9. The molecule has 82 valence electrons. The molecule has 0 saturated carbocycles. The van der Waals surface area contributed by atoms with Gasteiger partial charge in [-0.2, -0.15) is 10.5 Å². The van der Waals surface area contributed by atoms with Crippen molar-refractivity contribution in [2.75, 3.05) is 0 Å². The Labute approximate surface area is 95.6 Å². The molecule has 0 saturated heterocycles. The highest BCUT2D eigenvalue weighted by Crippen LogP contribution is 2.20. The summed E-state index contributed by atoms with van der Waals surface area (Å²) < 4.78 is 0. The van der Waals surface area contributed by atoms with Crippen molar-refractivity contribution in [2.45, 2.75) is 33.6 Å². The number of rotatable bonds is 2. The Balaban J connectivity index is 3.26. The maximum Gasteiger partial charge on any atom is 0.176 e. The van der Waals surface area contributed by atoms with Crippen LogP contribution in [0.4, 0.5) is 0 Å². The zero-order valence-electron chi connectivity index (χ0n) is 9.78.